The third kappa shape index (κ3) is 7.82. The van der Waals surface area contributed by atoms with E-state index >= 15 is 0 Å². The van der Waals surface area contributed by atoms with Crippen molar-refractivity contribution in [2.24, 2.45) is 0 Å². The molecule has 3 amide bonds. The topological polar surface area (TPSA) is 97.4 Å². The number of thiazole rings is 1. The predicted molar refractivity (Wildman–Crippen MR) is 123 cm³/mol. The summed E-state index contributed by atoms with van der Waals surface area (Å²) in [4.78, 5) is 42.2. The monoisotopic (exact) mass is 475 g/mol. The van der Waals surface area contributed by atoms with Gasteiger partial charge in [-0.15, -0.1) is 34.4 Å². The molecule has 3 rings (SSSR count). The van der Waals surface area contributed by atoms with E-state index in [1.165, 1.54) is 0 Å². The van der Waals surface area contributed by atoms with Crippen LogP contribution in [0.15, 0.2) is 52.1 Å². The minimum Gasteiger partial charge on any atom is -0.452 e. The molecule has 0 atom stereocenters. The number of thiophene rings is 1. The van der Waals surface area contributed by atoms with Crippen LogP contribution in [0.2, 0.25) is 0 Å². The predicted octanol–water partition coefficient (Wildman–Crippen LogP) is 4.03. The van der Waals surface area contributed by atoms with Crippen LogP contribution < -0.4 is 10.6 Å². The molecule has 0 radical (unpaired) electrons. The zero-order valence-electron chi connectivity index (χ0n) is 16.8. The summed E-state index contributed by atoms with van der Waals surface area (Å²) in [6, 6.07) is 10.2. The van der Waals surface area contributed by atoms with E-state index in [4.69, 9.17) is 4.74 Å². The molecule has 0 spiro atoms. The molecule has 1 aromatic carbocycles. The minimum absolute atomic E-state index is 0.335. The van der Waals surface area contributed by atoms with Gasteiger partial charge in [-0.2, -0.15) is 0 Å². The lowest BCUT2D eigenvalue weighted by Crippen LogP contribution is -2.42. The molecule has 2 aromatic heterocycles. The van der Waals surface area contributed by atoms with Gasteiger partial charge in [0.25, 0.3) is 5.91 Å². The second-order valence-electron chi connectivity index (χ2n) is 6.38. The molecule has 0 unspecified atom stereocenters. The summed E-state index contributed by atoms with van der Waals surface area (Å²) in [7, 11) is 0. The third-order valence-corrected chi connectivity index (χ3v) is 6.77. The van der Waals surface area contributed by atoms with Crippen LogP contribution in [0.1, 0.15) is 25.9 Å². The van der Waals surface area contributed by atoms with Crippen LogP contribution in [0.3, 0.4) is 0 Å². The molecular weight excluding hydrogens is 454 g/mol. The van der Waals surface area contributed by atoms with Gasteiger partial charge in [-0.25, -0.2) is 14.6 Å². The number of carbonyl (C=O) groups excluding carboxylic acids is 3. The lowest BCUT2D eigenvalue weighted by atomic mass is 10.2. The lowest BCUT2D eigenvalue weighted by Gasteiger charge is -2.07. The molecule has 3 aromatic rings. The van der Waals surface area contributed by atoms with Crippen molar-refractivity contribution in [3.05, 3.63) is 68.3 Å². The van der Waals surface area contributed by atoms with Gasteiger partial charge in [0.2, 0.25) is 0 Å². The number of thioether (sulfide) groups is 1. The maximum atomic E-state index is 12.1. The lowest BCUT2D eigenvalue weighted by molar-refractivity contribution is -0.123. The maximum absolute atomic E-state index is 12.1. The van der Waals surface area contributed by atoms with Gasteiger partial charge in [0.1, 0.15) is 0 Å². The van der Waals surface area contributed by atoms with Crippen LogP contribution in [-0.2, 0) is 21.7 Å². The molecule has 0 bridgehead atoms. The Morgan fingerprint density at radius 1 is 1.13 bits per heavy atom. The molecule has 2 heterocycles. The van der Waals surface area contributed by atoms with Crippen molar-refractivity contribution in [2.75, 3.05) is 13.2 Å². The number of esters is 1. The first-order valence-electron chi connectivity index (χ1n) is 9.40. The van der Waals surface area contributed by atoms with E-state index in [9.17, 15) is 14.4 Å². The van der Waals surface area contributed by atoms with Gasteiger partial charge in [-0.1, -0.05) is 6.07 Å². The van der Waals surface area contributed by atoms with E-state index in [2.05, 4.69) is 15.6 Å². The van der Waals surface area contributed by atoms with E-state index in [1.807, 2.05) is 41.9 Å². The Morgan fingerprint density at radius 3 is 2.61 bits per heavy atom. The van der Waals surface area contributed by atoms with Crippen LogP contribution in [-0.4, -0.2) is 36.0 Å². The van der Waals surface area contributed by atoms with E-state index < -0.39 is 24.5 Å². The first-order valence-corrected chi connectivity index (χ1v) is 12.1. The number of aryl methyl sites for hydroxylation is 1. The highest BCUT2D eigenvalue weighted by Gasteiger charge is 2.12. The van der Waals surface area contributed by atoms with Gasteiger partial charge in [-0.05, 0) is 49.1 Å². The Labute approximate surface area is 192 Å². The average molecular weight is 476 g/mol. The normalized spacial score (nSPS) is 10.5. The fourth-order valence-corrected chi connectivity index (χ4v) is 4.71. The molecule has 0 aliphatic carbocycles. The van der Waals surface area contributed by atoms with Crippen LogP contribution in [0.5, 0.6) is 0 Å². The molecule has 0 aliphatic rings. The third-order valence-electron chi connectivity index (χ3n) is 3.97. The number of nitrogens with one attached hydrogen (secondary N) is 2. The summed E-state index contributed by atoms with van der Waals surface area (Å²) in [6.07, 6.45) is 0.686. The van der Waals surface area contributed by atoms with Crippen molar-refractivity contribution in [3.63, 3.8) is 0 Å². The van der Waals surface area contributed by atoms with Crippen LogP contribution in [0.25, 0.3) is 0 Å². The van der Waals surface area contributed by atoms with E-state index in [0.29, 0.717) is 18.5 Å². The molecule has 162 valence electrons. The Morgan fingerprint density at radius 2 is 1.94 bits per heavy atom. The van der Waals surface area contributed by atoms with Crippen molar-refractivity contribution in [1.82, 2.24) is 15.6 Å². The summed E-state index contributed by atoms with van der Waals surface area (Å²) < 4.78 is 4.98. The molecule has 0 saturated heterocycles. The summed E-state index contributed by atoms with van der Waals surface area (Å²) >= 11 is 4.84. The summed E-state index contributed by atoms with van der Waals surface area (Å²) in [5.41, 5.74) is 1.36. The van der Waals surface area contributed by atoms with Crippen molar-refractivity contribution in [2.45, 2.75) is 24.0 Å². The Bertz CT molecular complexity index is 1020. The van der Waals surface area contributed by atoms with E-state index in [0.717, 1.165) is 26.2 Å². The Balaban J connectivity index is 1.35. The number of ether oxygens (including phenoxy) is 1. The van der Waals surface area contributed by atoms with E-state index in [1.54, 1.807) is 46.6 Å². The van der Waals surface area contributed by atoms with Crippen LogP contribution >= 0.6 is 34.4 Å². The van der Waals surface area contributed by atoms with Crippen molar-refractivity contribution >= 4 is 52.3 Å². The smallest absolute Gasteiger partial charge is 0.338 e. The second-order valence-corrected chi connectivity index (χ2v) is 9.52. The number of urea groups is 1. The summed E-state index contributed by atoms with van der Waals surface area (Å²) in [5.74, 6) is -0.559. The highest BCUT2D eigenvalue weighted by molar-refractivity contribution is 7.98. The molecule has 0 fully saturated rings. The second kappa shape index (κ2) is 11.6. The minimum atomic E-state index is -0.687. The molecule has 0 aliphatic heterocycles. The van der Waals surface area contributed by atoms with Crippen LogP contribution in [0, 0.1) is 6.92 Å². The summed E-state index contributed by atoms with van der Waals surface area (Å²) in [6.45, 7) is 1.85. The van der Waals surface area contributed by atoms with Crippen LogP contribution in [0.4, 0.5) is 4.79 Å². The van der Waals surface area contributed by atoms with Gasteiger partial charge in [0.05, 0.1) is 16.3 Å². The quantitative estimate of drug-likeness (QED) is 0.358. The number of rotatable bonds is 9. The van der Waals surface area contributed by atoms with Gasteiger partial charge in [0, 0.05) is 27.5 Å². The van der Waals surface area contributed by atoms with Gasteiger partial charge >= 0.3 is 12.0 Å². The standard InChI is InChI=1S/C21H21N3O4S3/c1-14-23-16(12-30-14)13-31-18-6-4-15(5-7-18)20(26)28-11-19(25)24-21(27)22-9-8-17-3-2-10-29-17/h2-7,10,12H,8-9,11,13H2,1H3,(H2,22,24,25,27). The SMILES string of the molecule is Cc1nc(CSc2ccc(C(=O)OCC(=O)NC(=O)NCCc3cccs3)cc2)cs1. The molecular formula is C21H21N3O4S3. The van der Waals surface area contributed by atoms with Gasteiger partial charge in [0.15, 0.2) is 6.61 Å². The Kier molecular flexibility index (Phi) is 8.63. The fourth-order valence-electron chi connectivity index (χ4n) is 2.49. The zero-order chi connectivity index (χ0) is 22.1. The zero-order valence-corrected chi connectivity index (χ0v) is 19.2. The van der Waals surface area contributed by atoms with E-state index in [-0.39, 0.29) is 0 Å². The van der Waals surface area contributed by atoms with Gasteiger partial charge in [-0.3, -0.25) is 10.1 Å². The Hall–Kier alpha value is -2.69. The largest absolute Gasteiger partial charge is 0.452 e. The summed E-state index contributed by atoms with van der Waals surface area (Å²) in [5, 5.41) is 9.76. The molecule has 10 heteroatoms. The molecule has 2 N–H and O–H groups in total. The number of aromatic nitrogens is 1. The highest BCUT2D eigenvalue weighted by atomic mass is 32.2. The molecule has 31 heavy (non-hydrogen) atoms. The number of nitrogens with zero attached hydrogens (tertiary/aromatic N) is 1. The highest BCUT2D eigenvalue weighted by Crippen LogP contribution is 2.24. The fraction of sp³-hybridized carbons (Fsp3) is 0.238. The average Bonchev–Trinajstić information content (AvgIpc) is 3.42. The van der Waals surface area contributed by atoms with Gasteiger partial charge < -0.3 is 10.1 Å². The first-order chi connectivity index (χ1) is 15.0. The molecule has 0 saturated carbocycles. The number of amides is 3. The van der Waals surface area contributed by atoms with Crippen molar-refractivity contribution < 1.29 is 19.1 Å². The van der Waals surface area contributed by atoms with Crippen molar-refractivity contribution in [1.29, 1.82) is 0 Å². The number of hydrogen-bond donors (Lipinski definition) is 2. The first kappa shape index (κ1) is 23.0. The maximum Gasteiger partial charge on any atom is 0.338 e. The molecule has 7 nitrogen and oxygen atoms in total. The number of benzene rings is 1. The number of imide groups is 1. The number of hydrogen-bond acceptors (Lipinski definition) is 8. The van der Waals surface area contributed by atoms with Crippen molar-refractivity contribution in [3.8, 4) is 0 Å². The number of carbonyl (C=O) groups is 3.